The van der Waals surface area contributed by atoms with E-state index in [1.54, 1.807) is 0 Å². The summed E-state index contributed by atoms with van der Waals surface area (Å²) in [5.74, 6) is 0.160. The molecule has 0 bridgehead atoms. The van der Waals surface area contributed by atoms with E-state index in [2.05, 4.69) is 17.2 Å². The van der Waals surface area contributed by atoms with Crippen LogP contribution in [0.2, 0.25) is 0 Å². The van der Waals surface area contributed by atoms with Crippen molar-refractivity contribution in [2.75, 3.05) is 6.54 Å². The molecule has 3 aromatic rings. The van der Waals surface area contributed by atoms with Crippen LogP contribution in [0.5, 0.6) is 5.88 Å². The standard InChI is InChI=1S/C23H26N4OS/c1-16-9-3-4-11-18(16)22(29)25-24-21-19-12-5-6-13-20(19)27(23(21)28)15-26-14-8-7-10-17(26)2/h3-6,9,11-13,17,28H,7-8,10,14-15H2,1-2H3/p+1/t17-/m1/s1. The number of hydrogen-bond acceptors (Lipinski definition) is 3. The first-order valence-corrected chi connectivity index (χ1v) is 10.6. The summed E-state index contributed by atoms with van der Waals surface area (Å²) in [5.41, 5.74) is 3.42. The lowest BCUT2D eigenvalue weighted by molar-refractivity contribution is -0.950. The largest absolute Gasteiger partial charge is 0.493 e. The second-order valence-corrected chi connectivity index (χ2v) is 8.29. The molecule has 2 heterocycles. The van der Waals surface area contributed by atoms with Crippen LogP contribution < -0.4 is 4.90 Å². The summed E-state index contributed by atoms with van der Waals surface area (Å²) >= 11 is 5.47. The molecule has 6 heteroatoms. The van der Waals surface area contributed by atoms with Gasteiger partial charge in [0.15, 0.2) is 17.3 Å². The first kappa shape index (κ1) is 19.7. The zero-order chi connectivity index (χ0) is 20.4. The van der Waals surface area contributed by atoms with Crippen molar-refractivity contribution in [3.05, 3.63) is 59.7 Å². The van der Waals surface area contributed by atoms with Gasteiger partial charge in [-0.2, -0.15) is 0 Å². The zero-order valence-electron chi connectivity index (χ0n) is 16.9. The van der Waals surface area contributed by atoms with Gasteiger partial charge in [-0.15, -0.1) is 10.2 Å². The summed E-state index contributed by atoms with van der Waals surface area (Å²) in [6.07, 6.45) is 3.75. The lowest BCUT2D eigenvalue weighted by Crippen LogP contribution is -3.15. The van der Waals surface area contributed by atoms with Crippen molar-refractivity contribution >= 4 is 33.8 Å². The number of rotatable bonds is 4. The number of benzene rings is 2. The minimum absolute atomic E-state index is 0.160. The molecule has 1 unspecified atom stereocenters. The van der Waals surface area contributed by atoms with Gasteiger partial charge in [0.05, 0.1) is 18.1 Å². The van der Waals surface area contributed by atoms with Gasteiger partial charge in [-0.05, 0) is 44.7 Å². The van der Waals surface area contributed by atoms with Gasteiger partial charge in [-0.25, -0.2) is 0 Å². The summed E-state index contributed by atoms with van der Waals surface area (Å²) in [6.45, 7) is 6.15. The number of nitrogens with one attached hydrogen (secondary N) is 1. The van der Waals surface area contributed by atoms with E-state index in [1.807, 2.05) is 60.0 Å². The lowest BCUT2D eigenvalue weighted by Gasteiger charge is -2.30. The lowest BCUT2D eigenvalue weighted by atomic mass is 10.0. The van der Waals surface area contributed by atoms with Crippen molar-refractivity contribution in [1.82, 2.24) is 4.57 Å². The molecule has 1 saturated heterocycles. The highest BCUT2D eigenvalue weighted by Gasteiger charge is 2.25. The van der Waals surface area contributed by atoms with Crippen molar-refractivity contribution in [3.63, 3.8) is 0 Å². The first-order chi connectivity index (χ1) is 14.1. The molecule has 0 saturated carbocycles. The molecule has 29 heavy (non-hydrogen) atoms. The number of hydrogen-bond donors (Lipinski definition) is 2. The number of nitrogens with zero attached hydrogens (tertiary/aromatic N) is 3. The third-order valence-electron chi connectivity index (χ3n) is 5.98. The molecule has 1 aliphatic heterocycles. The summed E-state index contributed by atoms with van der Waals surface area (Å²) in [6, 6.07) is 16.4. The molecule has 1 aromatic heterocycles. The summed E-state index contributed by atoms with van der Waals surface area (Å²) in [4.78, 5) is 1.92. The van der Waals surface area contributed by atoms with Gasteiger partial charge in [0.1, 0.15) is 0 Å². The van der Waals surface area contributed by atoms with Gasteiger partial charge < -0.3 is 10.0 Å². The third-order valence-corrected chi connectivity index (χ3v) is 6.28. The second kappa shape index (κ2) is 8.43. The second-order valence-electron chi connectivity index (χ2n) is 7.90. The maximum atomic E-state index is 11.0. The van der Waals surface area contributed by atoms with E-state index in [0.717, 1.165) is 35.2 Å². The molecular formula is C23H27N4OS+. The number of likely N-dealkylation sites (tertiary alicyclic amines) is 1. The highest BCUT2D eigenvalue weighted by atomic mass is 32.1. The van der Waals surface area contributed by atoms with Gasteiger partial charge in [0.2, 0.25) is 5.88 Å². The fourth-order valence-corrected chi connectivity index (χ4v) is 4.45. The Hall–Kier alpha value is -2.57. The van der Waals surface area contributed by atoms with E-state index >= 15 is 0 Å². The number of aromatic hydroxyl groups is 1. The maximum absolute atomic E-state index is 11.0. The van der Waals surface area contributed by atoms with E-state index in [0.29, 0.717) is 16.7 Å². The molecule has 0 amide bonds. The predicted molar refractivity (Wildman–Crippen MR) is 120 cm³/mol. The van der Waals surface area contributed by atoms with E-state index < -0.39 is 0 Å². The van der Waals surface area contributed by atoms with Gasteiger partial charge >= 0.3 is 0 Å². The Morgan fingerprint density at radius 1 is 1.17 bits per heavy atom. The Kier molecular flexibility index (Phi) is 5.74. The van der Waals surface area contributed by atoms with Crippen molar-refractivity contribution in [3.8, 4) is 5.88 Å². The highest BCUT2D eigenvalue weighted by Crippen LogP contribution is 2.38. The van der Waals surface area contributed by atoms with E-state index in [-0.39, 0.29) is 5.88 Å². The maximum Gasteiger partial charge on any atom is 0.225 e. The Balaban J connectivity index is 1.69. The summed E-state index contributed by atoms with van der Waals surface area (Å²) in [5, 5.41) is 20.6. The number of fused-ring (bicyclic) bond motifs is 1. The van der Waals surface area contributed by atoms with Gasteiger partial charge in [-0.3, -0.25) is 4.57 Å². The number of thiocarbonyl (C=S) groups is 1. The number of azo groups is 1. The molecule has 2 atom stereocenters. The molecule has 4 rings (SSSR count). The Morgan fingerprint density at radius 2 is 1.93 bits per heavy atom. The number of aromatic nitrogens is 1. The number of aryl methyl sites for hydroxylation is 1. The third kappa shape index (κ3) is 3.95. The zero-order valence-corrected chi connectivity index (χ0v) is 17.7. The van der Waals surface area contributed by atoms with Crippen LogP contribution in [0.3, 0.4) is 0 Å². The normalized spacial score (nSPS) is 19.8. The van der Waals surface area contributed by atoms with Crippen molar-refractivity contribution in [2.24, 2.45) is 10.2 Å². The average Bonchev–Trinajstić information content (AvgIpc) is 2.99. The molecule has 2 aromatic carbocycles. The number of quaternary nitrogens is 1. The molecule has 1 aliphatic rings. The minimum atomic E-state index is 0.160. The van der Waals surface area contributed by atoms with Crippen molar-refractivity contribution in [1.29, 1.82) is 0 Å². The van der Waals surface area contributed by atoms with Crippen LogP contribution in [0, 0.1) is 6.92 Å². The monoisotopic (exact) mass is 407 g/mol. The summed E-state index contributed by atoms with van der Waals surface area (Å²) < 4.78 is 1.97. The van der Waals surface area contributed by atoms with E-state index in [4.69, 9.17) is 12.2 Å². The molecule has 0 aliphatic carbocycles. The molecule has 150 valence electrons. The number of piperidine rings is 1. The van der Waals surface area contributed by atoms with Gasteiger partial charge in [0.25, 0.3) is 0 Å². The van der Waals surface area contributed by atoms with Crippen LogP contribution in [0.15, 0.2) is 58.8 Å². The average molecular weight is 408 g/mol. The Labute approximate surface area is 176 Å². The quantitative estimate of drug-likeness (QED) is 0.493. The van der Waals surface area contributed by atoms with Crippen molar-refractivity contribution in [2.45, 2.75) is 45.8 Å². The van der Waals surface area contributed by atoms with Crippen LogP contribution in [-0.2, 0) is 6.67 Å². The van der Waals surface area contributed by atoms with Crippen LogP contribution in [-0.4, -0.2) is 27.2 Å². The van der Waals surface area contributed by atoms with Crippen LogP contribution in [0.25, 0.3) is 10.9 Å². The Bertz CT molecular complexity index is 1070. The predicted octanol–water partition coefficient (Wildman–Crippen LogP) is 4.53. The fourth-order valence-electron chi connectivity index (χ4n) is 4.18. The van der Waals surface area contributed by atoms with Gasteiger partial charge in [0, 0.05) is 10.9 Å². The molecule has 0 radical (unpaired) electrons. The Morgan fingerprint density at radius 3 is 2.72 bits per heavy atom. The molecule has 0 spiro atoms. The number of para-hydroxylation sites is 1. The highest BCUT2D eigenvalue weighted by molar-refractivity contribution is 7.80. The minimum Gasteiger partial charge on any atom is -0.493 e. The molecule has 1 fully saturated rings. The van der Waals surface area contributed by atoms with Crippen LogP contribution in [0.1, 0.15) is 37.3 Å². The van der Waals surface area contributed by atoms with E-state index in [1.165, 1.54) is 24.2 Å². The SMILES string of the molecule is Cc1ccccc1C(=S)N=Nc1c(O)n(C[NH+]2CCCC[C@H]2C)c2ccccc12. The summed E-state index contributed by atoms with van der Waals surface area (Å²) in [7, 11) is 0. The van der Waals surface area contributed by atoms with Crippen LogP contribution in [0.4, 0.5) is 5.69 Å². The smallest absolute Gasteiger partial charge is 0.225 e. The first-order valence-electron chi connectivity index (χ1n) is 10.2. The molecular weight excluding hydrogens is 380 g/mol. The molecule has 2 N–H and O–H groups in total. The van der Waals surface area contributed by atoms with Gasteiger partial charge in [-0.1, -0.05) is 54.7 Å². The van der Waals surface area contributed by atoms with E-state index in [9.17, 15) is 5.11 Å². The van der Waals surface area contributed by atoms with Crippen molar-refractivity contribution < 1.29 is 10.0 Å². The fraction of sp³-hybridized carbons (Fsp3) is 0.348. The van der Waals surface area contributed by atoms with Crippen LogP contribution >= 0.6 is 12.2 Å². The molecule has 5 nitrogen and oxygen atoms in total. The topological polar surface area (TPSA) is 54.3 Å².